The highest BCUT2D eigenvalue weighted by molar-refractivity contribution is 5.91. The van der Waals surface area contributed by atoms with Crippen molar-refractivity contribution in [3.05, 3.63) is 77.6 Å². The average molecular weight is 436 g/mol. The van der Waals surface area contributed by atoms with E-state index < -0.39 is 5.41 Å². The number of rotatable bonds is 5. The molecule has 3 aromatic rings. The van der Waals surface area contributed by atoms with Gasteiger partial charge in [-0.15, -0.1) is 0 Å². The summed E-state index contributed by atoms with van der Waals surface area (Å²) in [7, 11) is 3.10. The summed E-state index contributed by atoms with van der Waals surface area (Å²) in [5, 5.41) is 2.91. The lowest BCUT2D eigenvalue weighted by molar-refractivity contribution is 0.220. The molecule has 8 heteroatoms. The van der Waals surface area contributed by atoms with E-state index in [9.17, 15) is 9.18 Å². The maximum absolute atomic E-state index is 14.5. The normalized spacial score (nSPS) is 17.8. The maximum atomic E-state index is 14.5. The van der Waals surface area contributed by atoms with E-state index >= 15 is 0 Å². The highest BCUT2D eigenvalue weighted by atomic mass is 19.1. The van der Waals surface area contributed by atoms with Crippen molar-refractivity contribution in [3.8, 4) is 11.5 Å². The quantitative estimate of drug-likeness (QED) is 0.650. The number of halogens is 1. The molecule has 0 unspecified atom stereocenters. The minimum absolute atomic E-state index is 0.282. The van der Waals surface area contributed by atoms with Gasteiger partial charge in [-0.2, -0.15) is 0 Å². The second-order valence-electron chi connectivity index (χ2n) is 7.80. The van der Waals surface area contributed by atoms with E-state index in [1.165, 1.54) is 6.07 Å². The molecule has 7 nitrogen and oxygen atoms in total. The minimum atomic E-state index is -0.654. The van der Waals surface area contributed by atoms with Crippen molar-refractivity contribution in [2.45, 2.75) is 18.8 Å². The van der Waals surface area contributed by atoms with Crippen molar-refractivity contribution >= 4 is 11.7 Å². The Morgan fingerprint density at radius 2 is 2.00 bits per heavy atom. The van der Waals surface area contributed by atoms with E-state index in [1.54, 1.807) is 68.9 Å². The smallest absolute Gasteiger partial charge is 0.321 e. The van der Waals surface area contributed by atoms with Crippen LogP contribution in [0.15, 0.2) is 55.0 Å². The van der Waals surface area contributed by atoms with Crippen LogP contribution < -0.4 is 14.8 Å². The fraction of sp³-hybridized carbons (Fsp3) is 0.292. The van der Waals surface area contributed by atoms with E-state index in [4.69, 9.17) is 9.47 Å². The number of aromatic nitrogens is 2. The zero-order valence-electron chi connectivity index (χ0n) is 18.3. The van der Waals surface area contributed by atoms with Crippen molar-refractivity contribution < 1.29 is 18.7 Å². The molecule has 0 spiro atoms. The third-order valence-corrected chi connectivity index (χ3v) is 5.98. The zero-order valence-corrected chi connectivity index (χ0v) is 18.3. The molecule has 1 saturated heterocycles. The van der Waals surface area contributed by atoms with Crippen LogP contribution in [0, 0.1) is 12.7 Å². The topological polar surface area (TPSA) is 76.6 Å². The number of aryl methyl sites for hydroxylation is 1. The average Bonchev–Trinajstić information content (AvgIpc) is 3.28. The number of carbonyl (C=O) groups is 1. The van der Waals surface area contributed by atoms with Gasteiger partial charge < -0.3 is 19.7 Å². The molecule has 0 bridgehead atoms. The van der Waals surface area contributed by atoms with Crippen LogP contribution in [0.1, 0.15) is 23.2 Å². The Morgan fingerprint density at radius 3 is 2.69 bits per heavy atom. The van der Waals surface area contributed by atoms with Crippen molar-refractivity contribution in [1.82, 2.24) is 14.9 Å². The molecular weight excluding hydrogens is 411 g/mol. The molecule has 2 heterocycles. The van der Waals surface area contributed by atoms with Gasteiger partial charge in [-0.1, -0.05) is 12.1 Å². The zero-order chi connectivity index (χ0) is 22.7. The second-order valence-corrected chi connectivity index (χ2v) is 7.80. The Balaban J connectivity index is 1.65. The van der Waals surface area contributed by atoms with Crippen LogP contribution in [0.5, 0.6) is 11.5 Å². The van der Waals surface area contributed by atoms with Crippen LogP contribution in [-0.4, -0.2) is 48.2 Å². The Morgan fingerprint density at radius 1 is 1.16 bits per heavy atom. The predicted molar refractivity (Wildman–Crippen MR) is 119 cm³/mol. The number of benzene rings is 2. The van der Waals surface area contributed by atoms with E-state index in [0.29, 0.717) is 48.0 Å². The maximum Gasteiger partial charge on any atom is 0.321 e. The van der Waals surface area contributed by atoms with Crippen LogP contribution in [0.4, 0.5) is 14.9 Å². The van der Waals surface area contributed by atoms with E-state index in [-0.39, 0.29) is 11.8 Å². The van der Waals surface area contributed by atoms with Crippen LogP contribution in [0.2, 0.25) is 0 Å². The molecular formula is C24H25FN4O3. The number of hydrogen-bond acceptors (Lipinski definition) is 5. The summed E-state index contributed by atoms with van der Waals surface area (Å²) in [6.07, 6.45) is 5.49. The lowest BCUT2D eigenvalue weighted by atomic mass is 9.76. The first-order valence-electron chi connectivity index (χ1n) is 10.3. The molecule has 4 rings (SSSR count). The summed E-state index contributed by atoms with van der Waals surface area (Å²) in [4.78, 5) is 23.6. The number of nitrogens with zero attached hydrogens (tertiary/aromatic N) is 3. The number of carbonyl (C=O) groups excluding carboxylic acids is 1. The number of hydrogen-bond donors (Lipinski definition) is 1. The largest absolute Gasteiger partial charge is 0.497 e. The Labute approximate surface area is 186 Å². The molecule has 2 aromatic carbocycles. The number of methoxy groups -OCH3 is 2. The molecule has 1 aromatic heterocycles. The fourth-order valence-corrected chi connectivity index (χ4v) is 4.12. The second kappa shape index (κ2) is 8.82. The number of ether oxygens (including phenoxy) is 2. The number of nitrogens with one attached hydrogen (secondary N) is 1. The first-order valence-corrected chi connectivity index (χ1v) is 10.3. The Kier molecular flexibility index (Phi) is 5.94. The molecule has 1 N–H and O–H groups in total. The first kappa shape index (κ1) is 21.5. The Bertz CT molecular complexity index is 1130. The fourth-order valence-electron chi connectivity index (χ4n) is 4.12. The van der Waals surface area contributed by atoms with Crippen molar-refractivity contribution in [2.75, 3.05) is 32.6 Å². The van der Waals surface area contributed by atoms with Crippen molar-refractivity contribution in [3.63, 3.8) is 0 Å². The molecule has 0 aliphatic carbocycles. The number of likely N-dealkylation sites (tertiary alicyclic amines) is 1. The van der Waals surface area contributed by atoms with Gasteiger partial charge in [-0.25, -0.2) is 9.18 Å². The predicted octanol–water partition coefficient (Wildman–Crippen LogP) is 4.17. The van der Waals surface area contributed by atoms with Gasteiger partial charge in [0, 0.05) is 37.7 Å². The summed E-state index contributed by atoms with van der Waals surface area (Å²) >= 11 is 0. The molecule has 1 aliphatic heterocycles. The third-order valence-electron chi connectivity index (χ3n) is 5.98. The number of anilines is 1. The molecule has 1 fully saturated rings. The Hall–Kier alpha value is -3.68. The minimum Gasteiger partial charge on any atom is -0.497 e. The molecule has 166 valence electrons. The summed E-state index contributed by atoms with van der Waals surface area (Å²) in [6, 6.07) is 10.1. The number of urea groups is 1. The van der Waals surface area contributed by atoms with E-state index in [0.717, 1.165) is 5.56 Å². The van der Waals surface area contributed by atoms with E-state index in [2.05, 4.69) is 15.3 Å². The van der Waals surface area contributed by atoms with Gasteiger partial charge >= 0.3 is 6.03 Å². The van der Waals surface area contributed by atoms with Gasteiger partial charge in [0.15, 0.2) is 0 Å². The summed E-state index contributed by atoms with van der Waals surface area (Å²) in [5.74, 6) is 0.848. The third kappa shape index (κ3) is 3.95. The van der Waals surface area contributed by atoms with Crippen LogP contribution in [-0.2, 0) is 5.41 Å². The molecule has 2 amide bonds. The van der Waals surface area contributed by atoms with Gasteiger partial charge in [0.05, 0.1) is 31.0 Å². The van der Waals surface area contributed by atoms with Crippen molar-refractivity contribution in [1.29, 1.82) is 0 Å². The van der Waals surface area contributed by atoms with Crippen LogP contribution >= 0.6 is 0 Å². The standard InChI is InChI=1S/C24H25FN4O3/c1-16-4-5-17(12-19(16)25)24(22-14-26-9-10-27-22)8-11-29(15-24)23(30)28-20-13-18(31-2)6-7-21(20)32-3/h4-7,9-10,12-14H,8,11,15H2,1-3H3,(H,28,30)/t24-/m1/s1. The lowest BCUT2D eigenvalue weighted by Crippen LogP contribution is -2.38. The monoisotopic (exact) mass is 436 g/mol. The summed E-state index contributed by atoms with van der Waals surface area (Å²) < 4.78 is 25.1. The SMILES string of the molecule is COc1ccc(OC)c(NC(=O)N2CC[C@@](c3ccc(C)c(F)c3)(c3cnccn3)C2)c1. The highest BCUT2D eigenvalue weighted by Gasteiger charge is 2.44. The molecule has 0 radical (unpaired) electrons. The van der Waals surface area contributed by atoms with Crippen molar-refractivity contribution in [2.24, 2.45) is 0 Å². The van der Waals surface area contributed by atoms with Gasteiger partial charge in [0.25, 0.3) is 0 Å². The molecule has 32 heavy (non-hydrogen) atoms. The molecule has 1 atom stereocenters. The number of amides is 2. The summed E-state index contributed by atoms with van der Waals surface area (Å²) in [6.45, 7) is 2.54. The van der Waals surface area contributed by atoms with Gasteiger partial charge in [0.1, 0.15) is 17.3 Å². The van der Waals surface area contributed by atoms with Crippen LogP contribution in [0.3, 0.4) is 0 Å². The van der Waals surface area contributed by atoms with Gasteiger partial charge in [-0.05, 0) is 42.7 Å². The van der Waals surface area contributed by atoms with Gasteiger partial charge in [-0.3, -0.25) is 9.97 Å². The lowest BCUT2D eigenvalue weighted by Gasteiger charge is -2.29. The highest BCUT2D eigenvalue weighted by Crippen LogP contribution is 2.40. The summed E-state index contributed by atoms with van der Waals surface area (Å²) in [5.41, 5.74) is 1.90. The van der Waals surface area contributed by atoms with Gasteiger partial charge in [0.2, 0.25) is 0 Å². The molecule has 0 saturated carbocycles. The molecule has 1 aliphatic rings. The first-order chi connectivity index (χ1) is 15.5. The van der Waals surface area contributed by atoms with Crippen LogP contribution in [0.25, 0.3) is 0 Å². The van der Waals surface area contributed by atoms with E-state index in [1.807, 2.05) is 6.07 Å².